The number of nitrogens with zero attached hydrogens (tertiary/aromatic N) is 4. The van der Waals surface area contributed by atoms with Crippen LogP contribution in [0, 0.1) is 24.1 Å². The van der Waals surface area contributed by atoms with Gasteiger partial charge in [0, 0.05) is 34.1 Å². The molecule has 0 radical (unpaired) electrons. The number of carbonyl (C=O) groups is 2. The molecule has 9 nitrogen and oxygen atoms in total. The van der Waals surface area contributed by atoms with Gasteiger partial charge < -0.3 is 10.6 Å². The number of rotatable bonds is 6. The largest absolute Gasteiger partial charge is 0.347 e. The van der Waals surface area contributed by atoms with Crippen LogP contribution in [0.5, 0.6) is 0 Å². The Kier molecular flexibility index (Phi) is 6.72. The molecule has 1 aromatic heterocycles. The average molecular weight is 507 g/mol. The molecule has 1 aliphatic rings. The zero-order valence-electron chi connectivity index (χ0n) is 19.6. The fourth-order valence-electron chi connectivity index (χ4n) is 3.90. The van der Waals surface area contributed by atoms with Crippen molar-refractivity contribution in [1.82, 2.24) is 20.6 Å². The van der Waals surface area contributed by atoms with Gasteiger partial charge in [-0.15, -0.1) is 0 Å². The predicted octanol–water partition coefficient (Wildman–Crippen LogP) is 2.28. The SMILES string of the molecule is C=S(C)(=O)N1CC(NC(=O)c2cc(C(=O)NCc3ccc(F)c(C)c3)ncn2)c2ccc(C#N)cc21. The third kappa shape index (κ3) is 5.18. The number of carbonyl (C=O) groups excluding carboxylic acids is 2. The van der Waals surface area contributed by atoms with Crippen LogP contribution in [0.1, 0.15) is 49.3 Å². The van der Waals surface area contributed by atoms with Gasteiger partial charge in [0.2, 0.25) is 0 Å². The van der Waals surface area contributed by atoms with Gasteiger partial charge in [0.25, 0.3) is 11.8 Å². The lowest BCUT2D eigenvalue weighted by molar-refractivity contribution is 0.0934. The van der Waals surface area contributed by atoms with E-state index in [9.17, 15) is 23.5 Å². The smallest absolute Gasteiger partial charge is 0.270 e. The van der Waals surface area contributed by atoms with Crippen molar-refractivity contribution in [3.63, 3.8) is 0 Å². The van der Waals surface area contributed by atoms with Crippen molar-refractivity contribution in [2.45, 2.75) is 19.5 Å². The molecule has 2 unspecified atom stereocenters. The van der Waals surface area contributed by atoms with Crippen LogP contribution in [0.3, 0.4) is 0 Å². The van der Waals surface area contributed by atoms with Crippen LogP contribution in [0.4, 0.5) is 10.1 Å². The molecule has 3 aromatic rings. The minimum Gasteiger partial charge on any atom is -0.347 e. The van der Waals surface area contributed by atoms with Gasteiger partial charge in [0.1, 0.15) is 23.5 Å². The highest BCUT2D eigenvalue weighted by Crippen LogP contribution is 2.37. The molecule has 0 bridgehead atoms. The van der Waals surface area contributed by atoms with Crippen molar-refractivity contribution in [2.75, 3.05) is 17.1 Å². The number of anilines is 1. The normalized spacial score (nSPS) is 15.9. The van der Waals surface area contributed by atoms with Crippen molar-refractivity contribution >= 4 is 33.1 Å². The quantitative estimate of drug-likeness (QED) is 0.494. The van der Waals surface area contributed by atoms with Crippen molar-refractivity contribution < 1.29 is 18.2 Å². The van der Waals surface area contributed by atoms with E-state index in [2.05, 4.69) is 32.5 Å². The van der Waals surface area contributed by atoms with Gasteiger partial charge in [-0.25, -0.2) is 18.6 Å². The minimum atomic E-state index is -2.65. The Morgan fingerprint density at radius 1 is 1.19 bits per heavy atom. The van der Waals surface area contributed by atoms with E-state index < -0.39 is 27.6 Å². The highest BCUT2D eigenvalue weighted by molar-refractivity contribution is 8.00. The summed E-state index contributed by atoms with van der Waals surface area (Å²) in [6.45, 7) is 1.99. The molecule has 184 valence electrons. The van der Waals surface area contributed by atoms with Gasteiger partial charge in [0.15, 0.2) is 0 Å². The van der Waals surface area contributed by atoms with Gasteiger partial charge in [-0.1, -0.05) is 18.2 Å². The number of halogens is 1. The minimum absolute atomic E-state index is 0.00423. The highest BCUT2D eigenvalue weighted by atomic mass is 32.2. The summed E-state index contributed by atoms with van der Waals surface area (Å²) in [7, 11) is -2.65. The summed E-state index contributed by atoms with van der Waals surface area (Å²) in [4.78, 5) is 33.5. The van der Waals surface area contributed by atoms with E-state index in [0.29, 0.717) is 22.4 Å². The second-order valence-electron chi connectivity index (χ2n) is 8.49. The number of aryl methyl sites for hydroxylation is 1. The first-order chi connectivity index (χ1) is 17.1. The van der Waals surface area contributed by atoms with Gasteiger partial charge in [0.05, 0.1) is 29.9 Å². The third-order valence-corrected chi connectivity index (χ3v) is 7.01. The number of hydrogen-bond donors (Lipinski definition) is 2. The highest BCUT2D eigenvalue weighted by Gasteiger charge is 2.33. The van der Waals surface area contributed by atoms with E-state index in [-0.39, 0.29) is 30.3 Å². The maximum absolute atomic E-state index is 13.4. The molecule has 4 rings (SSSR count). The number of nitriles is 1. The van der Waals surface area contributed by atoms with Gasteiger partial charge in [-0.2, -0.15) is 5.26 Å². The lowest BCUT2D eigenvalue weighted by Gasteiger charge is -2.21. The summed E-state index contributed by atoms with van der Waals surface area (Å²) in [6, 6.07) is 12.3. The van der Waals surface area contributed by atoms with Crippen molar-refractivity contribution in [3.8, 4) is 6.07 Å². The standard InChI is InChI=1S/C25H23FN6O3S/c1-15-8-17(5-7-19(15)26)12-28-24(33)20-10-21(30-14-29-20)25(34)31-22-13-32(36(2,3)35)23-9-16(11-27)4-6-18(22)23/h4-10,14,22H,2,12-13H2,1,3H3,(H,28,33)(H,31,34). The maximum Gasteiger partial charge on any atom is 0.270 e. The molecule has 2 aromatic carbocycles. The van der Waals surface area contributed by atoms with Crippen LogP contribution >= 0.6 is 0 Å². The first kappa shape index (κ1) is 24.8. The monoisotopic (exact) mass is 506 g/mol. The average Bonchev–Trinajstić information content (AvgIpc) is 3.22. The van der Waals surface area contributed by atoms with Gasteiger partial charge in [-0.05, 0) is 42.1 Å². The Morgan fingerprint density at radius 2 is 1.92 bits per heavy atom. The summed E-state index contributed by atoms with van der Waals surface area (Å²) < 4.78 is 27.7. The van der Waals surface area contributed by atoms with Crippen LogP contribution in [0.25, 0.3) is 0 Å². The Hall–Kier alpha value is -4.30. The molecule has 0 saturated carbocycles. The summed E-state index contributed by atoms with van der Waals surface area (Å²) in [5, 5.41) is 14.8. The summed E-state index contributed by atoms with van der Waals surface area (Å²) >= 11 is 0. The maximum atomic E-state index is 13.4. The fourth-order valence-corrected chi connectivity index (χ4v) is 4.94. The first-order valence-corrected chi connectivity index (χ1v) is 13.0. The Labute approximate surface area is 208 Å². The molecule has 36 heavy (non-hydrogen) atoms. The molecule has 0 fully saturated rings. The molecular weight excluding hydrogens is 483 g/mol. The molecule has 0 aliphatic carbocycles. The molecule has 2 amide bonds. The van der Waals surface area contributed by atoms with Crippen molar-refractivity contribution in [1.29, 1.82) is 5.26 Å². The number of benzene rings is 2. The molecule has 2 heterocycles. The Bertz CT molecular complexity index is 1520. The van der Waals surface area contributed by atoms with Crippen molar-refractivity contribution in [2.24, 2.45) is 0 Å². The fraction of sp³-hybridized carbons (Fsp3) is 0.200. The zero-order valence-corrected chi connectivity index (χ0v) is 20.4. The van der Waals surface area contributed by atoms with E-state index in [0.717, 1.165) is 11.9 Å². The number of aromatic nitrogens is 2. The molecule has 2 N–H and O–H groups in total. The topological polar surface area (TPSA) is 128 Å². The van der Waals surface area contributed by atoms with Gasteiger partial charge in [-0.3, -0.25) is 13.9 Å². The number of fused-ring (bicyclic) bond motifs is 1. The van der Waals surface area contributed by atoms with Gasteiger partial charge >= 0.3 is 0 Å². The van der Waals surface area contributed by atoms with Crippen LogP contribution in [-0.4, -0.2) is 44.7 Å². The van der Waals surface area contributed by atoms with Crippen LogP contribution < -0.4 is 14.9 Å². The molecule has 0 spiro atoms. The number of nitrogens with one attached hydrogen (secondary N) is 2. The van der Waals surface area contributed by atoms with Crippen molar-refractivity contribution in [3.05, 3.63) is 88.3 Å². The summed E-state index contributed by atoms with van der Waals surface area (Å²) in [6.07, 6.45) is 2.61. The van der Waals surface area contributed by atoms with E-state index in [4.69, 9.17) is 0 Å². The zero-order chi connectivity index (χ0) is 26.0. The number of amides is 2. The lowest BCUT2D eigenvalue weighted by atomic mass is 10.1. The first-order valence-electron chi connectivity index (χ1n) is 10.9. The van der Waals surface area contributed by atoms with Crippen LogP contribution in [-0.2, 0) is 16.3 Å². The second kappa shape index (κ2) is 9.75. The summed E-state index contributed by atoms with van der Waals surface area (Å²) in [5.41, 5.74) is 2.83. The molecule has 2 atom stereocenters. The molecule has 0 saturated heterocycles. The third-order valence-electron chi connectivity index (χ3n) is 5.73. The Morgan fingerprint density at radius 3 is 2.58 bits per heavy atom. The van der Waals surface area contributed by atoms with E-state index in [1.807, 2.05) is 0 Å². The summed E-state index contributed by atoms with van der Waals surface area (Å²) in [5.74, 6) is 2.34. The van der Waals surface area contributed by atoms with E-state index >= 15 is 0 Å². The molecular formula is C25H23FN6O3S. The lowest BCUT2D eigenvalue weighted by Crippen LogP contribution is -2.35. The van der Waals surface area contributed by atoms with E-state index in [1.165, 1.54) is 18.4 Å². The molecule has 1 aliphatic heterocycles. The van der Waals surface area contributed by atoms with Crippen LogP contribution in [0.2, 0.25) is 0 Å². The molecule has 11 heteroatoms. The second-order valence-corrected chi connectivity index (χ2v) is 10.8. The van der Waals surface area contributed by atoms with E-state index in [1.54, 1.807) is 41.6 Å². The van der Waals surface area contributed by atoms with Crippen LogP contribution in [0.15, 0.2) is 48.8 Å². The number of hydrogen-bond acceptors (Lipinski definition) is 6. The predicted molar refractivity (Wildman–Crippen MR) is 134 cm³/mol. The Balaban J connectivity index is 1.49.